The summed E-state index contributed by atoms with van der Waals surface area (Å²) in [5, 5.41) is 1.12. The van der Waals surface area contributed by atoms with Crippen molar-refractivity contribution in [2.45, 2.75) is 38.4 Å². The van der Waals surface area contributed by atoms with Gasteiger partial charge in [-0.3, -0.25) is 9.69 Å². The summed E-state index contributed by atoms with van der Waals surface area (Å²) in [6.45, 7) is 2.51. The molecule has 1 aromatic heterocycles. The number of carbonyl (C=O) groups is 1. The smallest absolute Gasteiger partial charge is 0.270 e. The maximum Gasteiger partial charge on any atom is 0.270 e. The Kier molecular flexibility index (Phi) is 4.24. The normalized spacial score (nSPS) is 16.6. The van der Waals surface area contributed by atoms with Crippen molar-refractivity contribution in [1.29, 1.82) is 0 Å². The van der Waals surface area contributed by atoms with Gasteiger partial charge >= 0.3 is 0 Å². The van der Waals surface area contributed by atoms with Crippen LogP contribution in [0.25, 0.3) is 10.9 Å². The molecule has 3 aromatic rings. The van der Waals surface area contributed by atoms with Crippen LogP contribution >= 0.6 is 0 Å². The first-order valence-corrected chi connectivity index (χ1v) is 10.2. The number of rotatable bonds is 4. The predicted molar refractivity (Wildman–Crippen MR) is 112 cm³/mol. The van der Waals surface area contributed by atoms with E-state index in [1.54, 1.807) is 0 Å². The van der Waals surface area contributed by atoms with Gasteiger partial charge in [-0.15, -0.1) is 0 Å². The van der Waals surface area contributed by atoms with Crippen LogP contribution in [-0.4, -0.2) is 39.9 Å². The third kappa shape index (κ3) is 3.12. The second kappa shape index (κ2) is 6.78. The van der Waals surface area contributed by atoms with Gasteiger partial charge in [-0.25, -0.2) is 0 Å². The van der Waals surface area contributed by atoms with E-state index in [0.29, 0.717) is 6.54 Å². The molecule has 28 heavy (non-hydrogen) atoms. The van der Waals surface area contributed by atoms with Gasteiger partial charge in [0.2, 0.25) is 0 Å². The summed E-state index contributed by atoms with van der Waals surface area (Å²) in [7, 11) is 4.21. The molecule has 0 N–H and O–H groups in total. The molecule has 0 saturated heterocycles. The van der Waals surface area contributed by atoms with E-state index >= 15 is 0 Å². The number of nitrogens with zero attached hydrogens (tertiary/aromatic N) is 3. The number of aryl methyl sites for hydroxylation is 1. The zero-order valence-corrected chi connectivity index (χ0v) is 16.7. The number of para-hydroxylation sites is 1. The monoisotopic (exact) mass is 373 g/mol. The van der Waals surface area contributed by atoms with Crippen molar-refractivity contribution in [1.82, 2.24) is 14.4 Å². The van der Waals surface area contributed by atoms with Crippen molar-refractivity contribution in [3.05, 3.63) is 70.9 Å². The summed E-state index contributed by atoms with van der Waals surface area (Å²) in [5.74, 6) is 0.127. The molecule has 5 rings (SSSR count). The van der Waals surface area contributed by atoms with E-state index in [-0.39, 0.29) is 5.91 Å². The Morgan fingerprint density at radius 1 is 1.11 bits per heavy atom. The van der Waals surface area contributed by atoms with E-state index in [1.165, 1.54) is 29.5 Å². The minimum absolute atomic E-state index is 0.127. The first-order chi connectivity index (χ1) is 13.6. The van der Waals surface area contributed by atoms with Gasteiger partial charge in [0.1, 0.15) is 5.69 Å². The molecular formula is C24H27N3O. The van der Waals surface area contributed by atoms with E-state index < -0.39 is 0 Å². The quantitative estimate of drug-likeness (QED) is 0.692. The van der Waals surface area contributed by atoms with Crippen LogP contribution in [0.2, 0.25) is 0 Å². The molecule has 4 heteroatoms. The number of carbonyl (C=O) groups excluding carboxylic acids is 1. The molecule has 1 aliphatic heterocycles. The molecule has 0 spiro atoms. The number of amides is 1. The zero-order valence-electron chi connectivity index (χ0n) is 16.7. The number of hydrogen-bond donors (Lipinski definition) is 0. The molecule has 2 aromatic carbocycles. The van der Waals surface area contributed by atoms with E-state index in [9.17, 15) is 4.79 Å². The van der Waals surface area contributed by atoms with Crippen LogP contribution in [0.1, 0.15) is 40.0 Å². The third-order valence-corrected chi connectivity index (χ3v) is 6.34. The Hall–Kier alpha value is -2.59. The third-order valence-electron chi connectivity index (χ3n) is 6.34. The van der Waals surface area contributed by atoms with Gasteiger partial charge in [0.05, 0.1) is 0 Å². The largest absolute Gasteiger partial charge is 0.340 e. The summed E-state index contributed by atoms with van der Waals surface area (Å²) in [5.41, 5.74) is 5.96. The summed E-state index contributed by atoms with van der Waals surface area (Å²) in [4.78, 5) is 17.6. The van der Waals surface area contributed by atoms with Crippen LogP contribution in [0.4, 0.5) is 0 Å². The Morgan fingerprint density at radius 3 is 2.71 bits per heavy atom. The van der Waals surface area contributed by atoms with Gasteiger partial charge in [0.15, 0.2) is 0 Å². The highest BCUT2D eigenvalue weighted by atomic mass is 16.2. The maximum atomic E-state index is 13.2. The average molecular weight is 374 g/mol. The molecule has 2 heterocycles. The van der Waals surface area contributed by atoms with E-state index in [2.05, 4.69) is 42.3 Å². The fraction of sp³-hybridized carbons (Fsp3) is 0.375. The average Bonchev–Trinajstić information content (AvgIpc) is 3.52. The predicted octanol–water partition coefficient (Wildman–Crippen LogP) is 3.97. The number of hydrogen-bond acceptors (Lipinski definition) is 2. The Morgan fingerprint density at radius 2 is 1.93 bits per heavy atom. The van der Waals surface area contributed by atoms with Crippen molar-refractivity contribution in [3.63, 3.8) is 0 Å². The van der Waals surface area contributed by atoms with Crippen molar-refractivity contribution in [3.8, 4) is 0 Å². The molecule has 2 aliphatic rings. The Bertz CT molecular complexity index is 1050. The van der Waals surface area contributed by atoms with Gasteiger partial charge in [0.25, 0.3) is 5.91 Å². The van der Waals surface area contributed by atoms with Crippen molar-refractivity contribution in [2.75, 3.05) is 13.6 Å². The van der Waals surface area contributed by atoms with Crippen molar-refractivity contribution < 1.29 is 4.79 Å². The zero-order chi connectivity index (χ0) is 19.3. The van der Waals surface area contributed by atoms with Gasteiger partial charge < -0.3 is 9.47 Å². The first kappa shape index (κ1) is 17.5. The topological polar surface area (TPSA) is 28.5 Å². The van der Waals surface area contributed by atoms with Crippen LogP contribution in [0, 0.1) is 0 Å². The minimum Gasteiger partial charge on any atom is -0.340 e. The second-order valence-electron chi connectivity index (χ2n) is 8.37. The molecule has 0 bridgehead atoms. The standard InChI is InChI=1S/C24H27N3O/c1-25(21-9-10-21)15-17-7-8-20-16-27(12-11-18(20)13-17)24(28)23-14-19-5-3-4-6-22(19)26(23)2/h3-8,13-14,21H,9-12,15-16H2,1-2H3. The number of fused-ring (bicyclic) bond motifs is 2. The summed E-state index contributed by atoms with van der Waals surface area (Å²) >= 11 is 0. The molecule has 144 valence electrons. The van der Waals surface area contributed by atoms with E-state index in [1.807, 2.05) is 34.7 Å². The highest BCUT2D eigenvalue weighted by Gasteiger charge is 2.27. The van der Waals surface area contributed by atoms with Crippen LogP contribution < -0.4 is 0 Å². The lowest BCUT2D eigenvalue weighted by atomic mass is 9.97. The second-order valence-corrected chi connectivity index (χ2v) is 8.37. The molecule has 1 fully saturated rings. The van der Waals surface area contributed by atoms with E-state index in [0.717, 1.165) is 42.1 Å². The van der Waals surface area contributed by atoms with Crippen LogP contribution in [0.3, 0.4) is 0 Å². The molecule has 1 amide bonds. The molecule has 1 aliphatic carbocycles. The molecular weight excluding hydrogens is 346 g/mol. The van der Waals surface area contributed by atoms with Crippen molar-refractivity contribution in [2.24, 2.45) is 7.05 Å². The Labute approximate surface area is 166 Å². The molecule has 4 nitrogen and oxygen atoms in total. The highest BCUT2D eigenvalue weighted by molar-refractivity contribution is 5.98. The van der Waals surface area contributed by atoms with Crippen LogP contribution in [-0.2, 0) is 26.6 Å². The molecule has 0 atom stereocenters. The lowest BCUT2D eigenvalue weighted by molar-refractivity contribution is 0.0725. The summed E-state index contributed by atoms with van der Waals surface area (Å²) < 4.78 is 2.02. The SMILES string of the molecule is CN(Cc1ccc2c(c1)CCN(C(=O)c1cc3ccccc3n1C)C2)C1CC1. The minimum atomic E-state index is 0.127. The fourth-order valence-electron chi connectivity index (χ4n) is 4.47. The van der Waals surface area contributed by atoms with Crippen LogP contribution in [0.5, 0.6) is 0 Å². The van der Waals surface area contributed by atoms with Gasteiger partial charge in [0, 0.05) is 43.6 Å². The van der Waals surface area contributed by atoms with E-state index in [4.69, 9.17) is 0 Å². The van der Waals surface area contributed by atoms with Gasteiger partial charge in [-0.1, -0.05) is 36.4 Å². The fourth-order valence-corrected chi connectivity index (χ4v) is 4.47. The molecule has 0 radical (unpaired) electrons. The van der Waals surface area contributed by atoms with Gasteiger partial charge in [-0.2, -0.15) is 0 Å². The first-order valence-electron chi connectivity index (χ1n) is 10.2. The molecule has 0 unspecified atom stereocenters. The van der Waals surface area contributed by atoms with Crippen LogP contribution in [0.15, 0.2) is 48.5 Å². The summed E-state index contributed by atoms with van der Waals surface area (Å²) in [6.07, 6.45) is 3.62. The Balaban J connectivity index is 1.34. The van der Waals surface area contributed by atoms with Gasteiger partial charge in [-0.05, 0) is 55.1 Å². The maximum absolute atomic E-state index is 13.2. The van der Waals surface area contributed by atoms with Crippen molar-refractivity contribution >= 4 is 16.8 Å². The highest BCUT2D eigenvalue weighted by Crippen LogP contribution is 2.28. The lowest BCUT2D eigenvalue weighted by Gasteiger charge is -2.29. The lowest BCUT2D eigenvalue weighted by Crippen LogP contribution is -2.36. The molecule has 1 saturated carbocycles. The number of aromatic nitrogens is 1. The number of benzene rings is 2. The summed E-state index contributed by atoms with van der Waals surface area (Å²) in [6, 6.07) is 17.8.